The van der Waals surface area contributed by atoms with Gasteiger partial charge < -0.3 is 14.2 Å². The summed E-state index contributed by atoms with van der Waals surface area (Å²) < 4.78 is 46.7. The zero-order chi connectivity index (χ0) is 26.7. The van der Waals surface area contributed by atoms with E-state index in [-0.39, 0.29) is 24.2 Å². The first kappa shape index (κ1) is 30.4. The van der Waals surface area contributed by atoms with Crippen molar-refractivity contribution in [2.75, 3.05) is 0 Å². The second-order valence-corrected chi connectivity index (χ2v) is 10.5. The molecule has 0 saturated heterocycles. The van der Waals surface area contributed by atoms with Crippen LogP contribution in [0, 0.1) is 11.6 Å². The summed E-state index contributed by atoms with van der Waals surface area (Å²) >= 11 is 0. The lowest BCUT2D eigenvalue weighted by molar-refractivity contribution is -0.420. The Balaban J connectivity index is 2.43. The van der Waals surface area contributed by atoms with Crippen molar-refractivity contribution in [2.45, 2.75) is 124 Å². The van der Waals surface area contributed by atoms with Crippen molar-refractivity contribution in [1.82, 2.24) is 0 Å². The van der Waals surface area contributed by atoms with Crippen LogP contribution >= 0.6 is 0 Å². The Bertz CT molecular complexity index is 867. The average molecular weight is 505 g/mol. The molecule has 1 atom stereocenters. The molecule has 5 heteroatoms. The first-order valence-electron chi connectivity index (χ1n) is 13.7. The monoisotopic (exact) mass is 504 g/mol. The molecule has 0 aliphatic rings. The number of rotatable bonds is 16. The van der Waals surface area contributed by atoms with Gasteiger partial charge in [0, 0.05) is 0 Å². The van der Waals surface area contributed by atoms with Crippen molar-refractivity contribution in [3.05, 3.63) is 59.7 Å². The third-order valence-corrected chi connectivity index (χ3v) is 6.04. The molecule has 2 rings (SSSR count). The molecule has 0 amide bonds. The Morgan fingerprint density at radius 2 is 1.14 bits per heavy atom. The molecule has 0 aromatic heterocycles. The number of benzene rings is 2. The van der Waals surface area contributed by atoms with Gasteiger partial charge in [0.2, 0.25) is 0 Å². The Labute approximate surface area is 217 Å². The summed E-state index contributed by atoms with van der Waals surface area (Å²) in [5.74, 6) is -3.09. The van der Waals surface area contributed by atoms with Crippen LogP contribution in [0.2, 0.25) is 0 Å². The quantitative estimate of drug-likeness (QED) is 0.168. The lowest BCUT2D eigenvalue weighted by Gasteiger charge is -2.43. The Morgan fingerprint density at radius 1 is 0.639 bits per heavy atom. The minimum Gasteiger partial charge on any atom is -0.324 e. The molecule has 0 aliphatic heterocycles. The van der Waals surface area contributed by atoms with E-state index in [4.69, 9.17) is 14.2 Å². The molecular weight excluding hydrogens is 458 g/mol. The number of hydrogen-bond acceptors (Lipinski definition) is 3. The van der Waals surface area contributed by atoms with Gasteiger partial charge in [-0.15, -0.1) is 0 Å². The minimum absolute atomic E-state index is 0.101. The molecule has 2 aromatic rings. The highest BCUT2D eigenvalue weighted by Gasteiger charge is 2.46. The van der Waals surface area contributed by atoms with Crippen LogP contribution in [-0.2, 0) is 14.2 Å². The summed E-state index contributed by atoms with van der Waals surface area (Å²) in [6, 6.07) is 11.9. The minimum atomic E-state index is -1.23. The highest BCUT2D eigenvalue weighted by molar-refractivity contribution is 5.63. The van der Waals surface area contributed by atoms with E-state index in [1.165, 1.54) is 31.7 Å². The average Bonchev–Trinajstić information content (AvgIpc) is 2.79. The maximum atomic E-state index is 13.8. The SMILES string of the molecule is CCCCCCCCC(c1ccc(-c2ccc(F)c(F)c2)cc1)C(OC(C)C)(OC(C)C)OC(C)C. The first-order chi connectivity index (χ1) is 17.1. The Kier molecular flexibility index (Phi) is 12.5. The predicted octanol–water partition coefficient (Wildman–Crippen LogP) is 9.39. The van der Waals surface area contributed by atoms with E-state index in [1.807, 2.05) is 65.8 Å². The van der Waals surface area contributed by atoms with E-state index in [9.17, 15) is 8.78 Å². The fraction of sp³-hybridized carbons (Fsp3) is 0.613. The van der Waals surface area contributed by atoms with E-state index >= 15 is 0 Å². The summed E-state index contributed by atoms with van der Waals surface area (Å²) in [6.45, 7) is 14.2. The summed E-state index contributed by atoms with van der Waals surface area (Å²) in [6.07, 6.45) is 7.68. The molecular formula is C31H46F2O3. The van der Waals surface area contributed by atoms with Gasteiger partial charge in [0.05, 0.1) is 24.2 Å². The van der Waals surface area contributed by atoms with Gasteiger partial charge in [0.25, 0.3) is 5.97 Å². The highest BCUT2D eigenvalue weighted by Crippen LogP contribution is 2.41. The number of hydrogen-bond donors (Lipinski definition) is 0. The molecule has 3 nitrogen and oxygen atoms in total. The molecule has 0 aliphatic carbocycles. The Hall–Kier alpha value is -1.82. The predicted molar refractivity (Wildman–Crippen MR) is 144 cm³/mol. The van der Waals surface area contributed by atoms with Crippen LogP contribution in [0.25, 0.3) is 11.1 Å². The second-order valence-electron chi connectivity index (χ2n) is 10.5. The second kappa shape index (κ2) is 14.8. The van der Waals surface area contributed by atoms with Crippen LogP contribution in [0.4, 0.5) is 8.78 Å². The van der Waals surface area contributed by atoms with Crippen LogP contribution in [-0.4, -0.2) is 24.3 Å². The van der Waals surface area contributed by atoms with Crippen molar-refractivity contribution in [1.29, 1.82) is 0 Å². The number of halogens is 2. The smallest absolute Gasteiger partial charge is 0.290 e. The van der Waals surface area contributed by atoms with Crippen molar-refractivity contribution >= 4 is 0 Å². The van der Waals surface area contributed by atoms with E-state index in [0.717, 1.165) is 36.5 Å². The summed E-state index contributed by atoms with van der Waals surface area (Å²) in [5.41, 5.74) is 2.49. The van der Waals surface area contributed by atoms with Crippen LogP contribution in [0.1, 0.15) is 105 Å². The normalized spacial score (nSPS) is 13.2. The molecule has 2 aromatic carbocycles. The fourth-order valence-electron chi connectivity index (χ4n) is 4.58. The van der Waals surface area contributed by atoms with Crippen molar-refractivity contribution in [3.63, 3.8) is 0 Å². The van der Waals surface area contributed by atoms with Gasteiger partial charge in [-0.2, -0.15) is 0 Å². The van der Waals surface area contributed by atoms with E-state index in [1.54, 1.807) is 6.07 Å². The summed E-state index contributed by atoms with van der Waals surface area (Å²) in [7, 11) is 0. The molecule has 0 bridgehead atoms. The topological polar surface area (TPSA) is 27.7 Å². The Morgan fingerprint density at radius 3 is 1.64 bits per heavy atom. The molecule has 36 heavy (non-hydrogen) atoms. The number of ether oxygens (including phenoxy) is 3. The third kappa shape index (κ3) is 9.24. The van der Waals surface area contributed by atoms with Gasteiger partial charge >= 0.3 is 0 Å². The molecule has 0 heterocycles. The molecule has 0 N–H and O–H groups in total. The van der Waals surface area contributed by atoms with E-state index in [2.05, 4.69) is 6.92 Å². The number of unbranched alkanes of at least 4 members (excludes halogenated alkanes) is 5. The maximum absolute atomic E-state index is 13.8. The molecule has 0 saturated carbocycles. The van der Waals surface area contributed by atoms with Crippen molar-refractivity contribution in [2.24, 2.45) is 0 Å². The molecule has 0 radical (unpaired) electrons. The van der Waals surface area contributed by atoms with Gasteiger partial charge in [-0.25, -0.2) is 8.78 Å². The summed E-state index contributed by atoms with van der Waals surface area (Å²) in [4.78, 5) is 0. The molecule has 0 spiro atoms. The van der Waals surface area contributed by atoms with Crippen molar-refractivity contribution < 1.29 is 23.0 Å². The third-order valence-electron chi connectivity index (χ3n) is 6.04. The maximum Gasteiger partial charge on any atom is 0.290 e. The van der Waals surface area contributed by atoms with Gasteiger partial charge in [-0.1, -0.05) is 75.8 Å². The molecule has 202 valence electrons. The van der Waals surface area contributed by atoms with Crippen LogP contribution in [0.15, 0.2) is 42.5 Å². The van der Waals surface area contributed by atoms with Crippen molar-refractivity contribution in [3.8, 4) is 11.1 Å². The largest absolute Gasteiger partial charge is 0.324 e. The van der Waals surface area contributed by atoms with Gasteiger partial charge in [-0.05, 0) is 76.8 Å². The van der Waals surface area contributed by atoms with Gasteiger partial charge in [-0.3, -0.25) is 0 Å². The molecule has 1 unspecified atom stereocenters. The van der Waals surface area contributed by atoms with Crippen LogP contribution in [0.5, 0.6) is 0 Å². The van der Waals surface area contributed by atoms with E-state index < -0.39 is 17.6 Å². The highest BCUT2D eigenvalue weighted by atomic mass is 19.2. The van der Waals surface area contributed by atoms with Crippen LogP contribution in [0.3, 0.4) is 0 Å². The van der Waals surface area contributed by atoms with E-state index in [0.29, 0.717) is 5.56 Å². The zero-order valence-electron chi connectivity index (χ0n) is 23.3. The van der Waals surface area contributed by atoms with Crippen LogP contribution < -0.4 is 0 Å². The van der Waals surface area contributed by atoms with Gasteiger partial charge in [0.1, 0.15) is 0 Å². The standard InChI is InChI=1S/C31H46F2O3/c1-8-9-10-11-12-13-14-28(31(34-22(2)3,35-23(4)5)36-24(6)7)26-17-15-25(16-18-26)27-19-20-29(32)30(33)21-27/h15-24,28H,8-14H2,1-7H3. The molecule has 0 fully saturated rings. The zero-order valence-corrected chi connectivity index (χ0v) is 23.3. The summed E-state index contributed by atoms with van der Waals surface area (Å²) in [5, 5.41) is 0. The first-order valence-corrected chi connectivity index (χ1v) is 13.7. The lowest BCUT2D eigenvalue weighted by Crippen LogP contribution is -2.49. The lowest BCUT2D eigenvalue weighted by atomic mass is 9.88. The fourth-order valence-corrected chi connectivity index (χ4v) is 4.58. The van der Waals surface area contributed by atoms with Gasteiger partial charge in [0.15, 0.2) is 11.6 Å².